The van der Waals surface area contributed by atoms with E-state index < -0.39 is 0 Å². The van der Waals surface area contributed by atoms with Gasteiger partial charge in [-0.05, 0) is 60.1 Å². The molecule has 2 rings (SSSR count). The summed E-state index contributed by atoms with van der Waals surface area (Å²) in [4.78, 5) is 0. The van der Waals surface area contributed by atoms with Crippen LogP contribution < -0.4 is 0 Å². The number of rotatable bonds is 5. The first-order valence-corrected chi connectivity index (χ1v) is 7.17. The highest BCUT2D eigenvalue weighted by molar-refractivity contribution is 5.36. The SMILES string of the molecule is CCC(CC)(Cc1cccc(O)c1)c1cccc(O)c1. The molecule has 0 radical (unpaired) electrons. The number of phenols is 2. The lowest BCUT2D eigenvalue weighted by molar-refractivity contribution is 0.387. The smallest absolute Gasteiger partial charge is 0.115 e. The van der Waals surface area contributed by atoms with Crippen molar-refractivity contribution in [1.29, 1.82) is 0 Å². The van der Waals surface area contributed by atoms with Crippen LogP contribution in [0.15, 0.2) is 48.5 Å². The Morgan fingerprint density at radius 2 is 1.45 bits per heavy atom. The Hall–Kier alpha value is -1.96. The number of benzene rings is 2. The van der Waals surface area contributed by atoms with Gasteiger partial charge in [-0.1, -0.05) is 38.1 Å². The van der Waals surface area contributed by atoms with E-state index in [0.717, 1.165) is 30.4 Å². The van der Waals surface area contributed by atoms with Gasteiger partial charge < -0.3 is 10.2 Å². The molecule has 106 valence electrons. The Balaban J connectivity index is 2.39. The second kappa shape index (κ2) is 6.00. The number of hydrogen-bond acceptors (Lipinski definition) is 2. The fourth-order valence-electron chi connectivity index (χ4n) is 2.90. The van der Waals surface area contributed by atoms with Crippen molar-refractivity contribution < 1.29 is 10.2 Å². The van der Waals surface area contributed by atoms with Crippen LogP contribution in [0.5, 0.6) is 11.5 Å². The monoisotopic (exact) mass is 270 g/mol. The predicted molar refractivity (Wildman–Crippen MR) is 82.2 cm³/mol. The summed E-state index contributed by atoms with van der Waals surface area (Å²) in [6, 6.07) is 15.0. The zero-order valence-corrected chi connectivity index (χ0v) is 12.1. The van der Waals surface area contributed by atoms with Gasteiger partial charge in [-0.3, -0.25) is 0 Å². The van der Waals surface area contributed by atoms with Crippen LogP contribution in [-0.4, -0.2) is 10.2 Å². The fraction of sp³-hybridized carbons (Fsp3) is 0.333. The van der Waals surface area contributed by atoms with Crippen molar-refractivity contribution in [2.45, 2.75) is 38.5 Å². The maximum absolute atomic E-state index is 9.74. The zero-order chi connectivity index (χ0) is 14.6. The molecule has 0 amide bonds. The molecule has 2 aromatic rings. The van der Waals surface area contributed by atoms with Crippen LogP contribution in [0.4, 0.5) is 0 Å². The summed E-state index contributed by atoms with van der Waals surface area (Å²) in [7, 11) is 0. The van der Waals surface area contributed by atoms with Gasteiger partial charge in [0.25, 0.3) is 0 Å². The molecule has 0 saturated carbocycles. The highest BCUT2D eigenvalue weighted by Gasteiger charge is 2.29. The molecule has 0 heterocycles. The number of aromatic hydroxyl groups is 2. The predicted octanol–water partition coefficient (Wildman–Crippen LogP) is 4.40. The minimum Gasteiger partial charge on any atom is -0.508 e. The lowest BCUT2D eigenvalue weighted by Gasteiger charge is -2.33. The molecule has 0 saturated heterocycles. The lowest BCUT2D eigenvalue weighted by atomic mass is 9.71. The Kier molecular flexibility index (Phi) is 4.33. The lowest BCUT2D eigenvalue weighted by Crippen LogP contribution is -2.27. The second-order valence-corrected chi connectivity index (χ2v) is 5.38. The van der Waals surface area contributed by atoms with Crippen molar-refractivity contribution in [2.24, 2.45) is 0 Å². The second-order valence-electron chi connectivity index (χ2n) is 5.38. The molecule has 2 nitrogen and oxygen atoms in total. The summed E-state index contributed by atoms with van der Waals surface area (Å²) in [5.41, 5.74) is 2.27. The third-order valence-corrected chi connectivity index (χ3v) is 4.27. The van der Waals surface area contributed by atoms with Gasteiger partial charge in [0.15, 0.2) is 0 Å². The molecular weight excluding hydrogens is 248 g/mol. The summed E-state index contributed by atoms with van der Waals surface area (Å²) in [5.74, 6) is 0.615. The van der Waals surface area contributed by atoms with Gasteiger partial charge in [-0.25, -0.2) is 0 Å². The summed E-state index contributed by atoms with van der Waals surface area (Å²) < 4.78 is 0. The topological polar surface area (TPSA) is 40.5 Å². The van der Waals surface area contributed by atoms with Crippen molar-refractivity contribution in [1.82, 2.24) is 0 Å². The molecule has 0 spiro atoms. The Morgan fingerprint density at radius 3 is 2.00 bits per heavy atom. The molecule has 2 aromatic carbocycles. The van der Waals surface area contributed by atoms with Crippen LogP contribution in [0.2, 0.25) is 0 Å². The molecule has 0 aliphatic rings. The average molecular weight is 270 g/mol. The summed E-state index contributed by atoms with van der Waals surface area (Å²) >= 11 is 0. The number of hydrogen-bond donors (Lipinski definition) is 2. The molecule has 2 heteroatoms. The maximum atomic E-state index is 9.74. The van der Waals surface area contributed by atoms with Gasteiger partial charge in [-0.15, -0.1) is 0 Å². The third kappa shape index (κ3) is 2.96. The van der Waals surface area contributed by atoms with E-state index in [1.807, 2.05) is 30.3 Å². The van der Waals surface area contributed by atoms with E-state index >= 15 is 0 Å². The molecule has 2 N–H and O–H groups in total. The van der Waals surface area contributed by atoms with Crippen LogP contribution in [0.3, 0.4) is 0 Å². The van der Waals surface area contributed by atoms with Crippen LogP contribution in [-0.2, 0) is 11.8 Å². The van der Waals surface area contributed by atoms with Gasteiger partial charge >= 0.3 is 0 Å². The quantitative estimate of drug-likeness (QED) is 0.845. The van der Waals surface area contributed by atoms with E-state index in [4.69, 9.17) is 0 Å². The normalized spacial score (nSPS) is 11.5. The van der Waals surface area contributed by atoms with Crippen molar-refractivity contribution in [2.75, 3.05) is 0 Å². The van der Waals surface area contributed by atoms with E-state index in [1.165, 1.54) is 0 Å². The molecule has 0 aromatic heterocycles. The Labute approximate surface area is 120 Å². The Bertz CT molecular complexity index is 571. The molecule has 0 unspecified atom stereocenters. The van der Waals surface area contributed by atoms with E-state index in [1.54, 1.807) is 12.1 Å². The van der Waals surface area contributed by atoms with Crippen LogP contribution >= 0.6 is 0 Å². The molecular formula is C18H22O2. The molecule has 0 aliphatic carbocycles. The van der Waals surface area contributed by atoms with E-state index in [9.17, 15) is 10.2 Å². The fourth-order valence-corrected chi connectivity index (χ4v) is 2.90. The van der Waals surface area contributed by atoms with E-state index in [0.29, 0.717) is 11.5 Å². The third-order valence-electron chi connectivity index (χ3n) is 4.27. The maximum Gasteiger partial charge on any atom is 0.115 e. The van der Waals surface area contributed by atoms with Crippen molar-refractivity contribution in [3.05, 3.63) is 59.7 Å². The van der Waals surface area contributed by atoms with Crippen molar-refractivity contribution in [3.8, 4) is 11.5 Å². The van der Waals surface area contributed by atoms with Crippen LogP contribution in [0, 0.1) is 0 Å². The first kappa shape index (κ1) is 14.4. The molecule has 20 heavy (non-hydrogen) atoms. The van der Waals surface area contributed by atoms with Crippen LogP contribution in [0.25, 0.3) is 0 Å². The molecule has 0 fully saturated rings. The first-order valence-electron chi connectivity index (χ1n) is 7.17. The van der Waals surface area contributed by atoms with Crippen LogP contribution in [0.1, 0.15) is 37.8 Å². The first-order chi connectivity index (χ1) is 9.59. The molecule has 0 aliphatic heterocycles. The standard InChI is InChI=1S/C18H22O2/c1-3-18(4-2,15-8-6-10-17(20)12-15)13-14-7-5-9-16(19)11-14/h5-12,19-20H,3-4,13H2,1-2H3. The Morgan fingerprint density at radius 1 is 0.850 bits per heavy atom. The minimum atomic E-state index is -0.00741. The highest BCUT2D eigenvalue weighted by atomic mass is 16.3. The summed E-state index contributed by atoms with van der Waals surface area (Å²) in [5, 5.41) is 19.4. The van der Waals surface area contributed by atoms with E-state index in [-0.39, 0.29) is 5.41 Å². The van der Waals surface area contributed by atoms with Gasteiger partial charge in [0.1, 0.15) is 11.5 Å². The average Bonchev–Trinajstić information content (AvgIpc) is 2.45. The minimum absolute atomic E-state index is 0.00741. The zero-order valence-electron chi connectivity index (χ0n) is 12.1. The van der Waals surface area contributed by atoms with Gasteiger partial charge in [0, 0.05) is 0 Å². The van der Waals surface area contributed by atoms with Crippen molar-refractivity contribution in [3.63, 3.8) is 0 Å². The van der Waals surface area contributed by atoms with Gasteiger partial charge in [0.2, 0.25) is 0 Å². The largest absolute Gasteiger partial charge is 0.508 e. The van der Waals surface area contributed by atoms with E-state index in [2.05, 4.69) is 19.9 Å². The molecule has 0 atom stereocenters. The number of phenolic OH excluding ortho intramolecular Hbond substituents is 2. The van der Waals surface area contributed by atoms with Gasteiger partial charge in [0.05, 0.1) is 0 Å². The van der Waals surface area contributed by atoms with Gasteiger partial charge in [-0.2, -0.15) is 0 Å². The summed E-state index contributed by atoms with van der Waals surface area (Å²) in [6.45, 7) is 4.35. The summed E-state index contributed by atoms with van der Waals surface area (Å²) in [6.07, 6.45) is 2.84. The highest BCUT2D eigenvalue weighted by Crippen LogP contribution is 2.37. The molecule has 0 bridgehead atoms. The van der Waals surface area contributed by atoms with Crippen molar-refractivity contribution >= 4 is 0 Å².